The highest BCUT2D eigenvalue weighted by Crippen LogP contribution is 2.16. The maximum absolute atomic E-state index is 5.25. The molecule has 0 amide bonds. The average molecular weight is 253 g/mol. The van der Waals surface area contributed by atoms with Crippen LogP contribution in [-0.2, 0) is 6.42 Å². The Morgan fingerprint density at radius 2 is 2.29 bits per heavy atom. The van der Waals surface area contributed by atoms with Crippen LogP contribution in [0, 0.1) is 0 Å². The lowest BCUT2D eigenvalue weighted by atomic mass is 10.1. The third-order valence-corrected chi connectivity index (χ3v) is 2.77. The molecule has 0 bridgehead atoms. The van der Waals surface area contributed by atoms with Gasteiger partial charge in [-0.2, -0.15) is 0 Å². The summed E-state index contributed by atoms with van der Waals surface area (Å²) in [6.45, 7) is 0.884. The van der Waals surface area contributed by atoms with Crippen LogP contribution in [-0.4, -0.2) is 30.8 Å². The van der Waals surface area contributed by atoms with Gasteiger partial charge in [0.1, 0.15) is 5.75 Å². The van der Waals surface area contributed by atoms with Gasteiger partial charge in [0, 0.05) is 19.8 Å². The molecule has 1 aromatic rings. The van der Waals surface area contributed by atoms with Gasteiger partial charge in [-0.25, -0.2) is 0 Å². The summed E-state index contributed by atoms with van der Waals surface area (Å²) in [6.07, 6.45) is 4.85. The smallest absolute Gasteiger partial charge is 0.166 e. The summed E-state index contributed by atoms with van der Waals surface area (Å²) in [7, 11) is 3.49. The minimum Gasteiger partial charge on any atom is -0.495 e. The molecule has 0 fully saturated rings. The lowest BCUT2D eigenvalue weighted by molar-refractivity contribution is 0.406. The van der Waals surface area contributed by atoms with Crippen molar-refractivity contribution >= 4 is 17.3 Å². The monoisotopic (exact) mass is 253 g/mol. The highest BCUT2D eigenvalue weighted by molar-refractivity contribution is 7.80. The second kappa shape index (κ2) is 7.84. The van der Waals surface area contributed by atoms with Crippen LogP contribution in [0.5, 0.6) is 5.75 Å². The maximum Gasteiger partial charge on any atom is 0.166 e. The topological polar surface area (TPSA) is 46.2 Å². The van der Waals surface area contributed by atoms with Gasteiger partial charge in [-0.1, -0.05) is 0 Å². The molecule has 17 heavy (non-hydrogen) atoms. The first-order valence-corrected chi connectivity index (χ1v) is 6.12. The number of aryl methyl sites for hydroxylation is 1. The summed E-state index contributed by atoms with van der Waals surface area (Å²) in [5.41, 5.74) is 1.02. The number of hydrogen-bond donors (Lipinski definition) is 2. The zero-order valence-electron chi connectivity index (χ0n) is 10.3. The Kier molecular flexibility index (Phi) is 6.32. The third kappa shape index (κ3) is 4.99. The molecule has 0 aliphatic carbocycles. The second-order valence-electron chi connectivity index (χ2n) is 3.62. The van der Waals surface area contributed by atoms with Crippen molar-refractivity contribution in [2.75, 3.05) is 20.7 Å². The molecule has 0 spiro atoms. The van der Waals surface area contributed by atoms with E-state index in [0.717, 1.165) is 37.3 Å². The zero-order chi connectivity index (χ0) is 12.5. The molecule has 0 unspecified atom stereocenters. The third-order valence-electron chi connectivity index (χ3n) is 2.42. The Balaban J connectivity index is 2.24. The lowest BCUT2D eigenvalue weighted by Gasteiger charge is -2.08. The van der Waals surface area contributed by atoms with Gasteiger partial charge >= 0.3 is 0 Å². The average Bonchev–Trinajstić information content (AvgIpc) is 2.38. The Morgan fingerprint density at radius 3 is 3.00 bits per heavy atom. The van der Waals surface area contributed by atoms with Gasteiger partial charge in [0.15, 0.2) is 5.11 Å². The van der Waals surface area contributed by atoms with E-state index in [1.54, 1.807) is 13.3 Å². The summed E-state index contributed by atoms with van der Waals surface area (Å²) < 4.78 is 5.25. The van der Waals surface area contributed by atoms with E-state index in [-0.39, 0.29) is 0 Å². The highest BCUT2D eigenvalue weighted by atomic mass is 32.1. The normalized spacial score (nSPS) is 9.76. The molecule has 2 N–H and O–H groups in total. The molecule has 1 rings (SSSR count). The molecule has 0 aliphatic heterocycles. The first-order chi connectivity index (χ1) is 8.27. The molecule has 0 atom stereocenters. The van der Waals surface area contributed by atoms with Gasteiger partial charge in [-0.3, -0.25) is 4.98 Å². The van der Waals surface area contributed by atoms with Crippen molar-refractivity contribution in [3.8, 4) is 5.75 Å². The number of rotatable bonds is 6. The summed E-state index contributed by atoms with van der Waals surface area (Å²) >= 11 is 4.98. The SMILES string of the molecule is CNC(=S)NCCCCc1ncccc1OC. The first kappa shape index (κ1) is 13.7. The predicted octanol–water partition coefficient (Wildman–Crippen LogP) is 1.51. The number of aromatic nitrogens is 1. The number of pyridine rings is 1. The number of methoxy groups -OCH3 is 1. The van der Waals surface area contributed by atoms with E-state index < -0.39 is 0 Å². The summed E-state index contributed by atoms with van der Waals surface area (Å²) in [4.78, 5) is 4.31. The van der Waals surface area contributed by atoms with Crippen LogP contribution < -0.4 is 15.4 Å². The van der Waals surface area contributed by atoms with Crippen LogP contribution in [0.1, 0.15) is 18.5 Å². The van der Waals surface area contributed by atoms with Gasteiger partial charge in [-0.15, -0.1) is 0 Å². The molecule has 0 saturated heterocycles. The van der Waals surface area contributed by atoms with Gasteiger partial charge in [0.05, 0.1) is 12.8 Å². The zero-order valence-corrected chi connectivity index (χ0v) is 11.1. The number of unbranched alkanes of at least 4 members (excludes halogenated alkanes) is 1. The lowest BCUT2D eigenvalue weighted by Crippen LogP contribution is -2.32. The van der Waals surface area contributed by atoms with E-state index in [1.165, 1.54) is 0 Å². The molecule has 0 radical (unpaired) electrons. The van der Waals surface area contributed by atoms with E-state index >= 15 is 0 Å². The largest absolute Gasteiger partial charge is 0.495 e. The van der Waals surface area contributed by atoms with Crippen molar-refractivity contribution in [3.63, 3.8) is 0 Å². The molecule has 0 aliphatic rings. The summed E-state index contributed by atoms with van der Waals surface area (Å²) in [6, 6.07) is 3.83. The highest BCUT2D eigenvalue weighted by Gasteiger charge is 2.02. The van der Waals surface area contributed by atoms with E-state index in [1.807, 2.05) is 19.2 Å². The Hall–Kier alpha value is -1.36. The maximum atomic E-state index is 5.25. The van der Waals surface area contributed by atoms with Gasteiger partial charge in [-0.05, 0) is 43.6 Å². The van der Waals surface area contributed by atoms with E-state index in [9.17, 15) is 0 Å². The molecule has 4 nitrogen and oxygen atoms in total. The molecule has 1 heterocycles. The summed E-state index contributed by atoms with van der Waals surface area (Å²) in [5.74, 6) is 0.867. The van der Waals surface area contributed by atoms with Gasteiger partial charge in [0.25, 0.3) is 0 Å². The van der Waals surface area contributed by atoms with Crippen LogP contribution >= 0.6 is 12.2 Å². The van der Waals surface area contributed by atoms with Crippen LogP contribution in [0.2, 0.25) is 0 Å². The quantitative estimate of drug-likeness (QED) is 0.594. The Bertz CT molecular complexity index is 357. The van der Waals surface area contributed by atoms with Crippen LogP contribution in [0.15, 0.2) is 18.3 Å². The number of hydrogen-bond acceptors (Lipinski definition) is 3. The molecule has 0 aromatic carbocycles. The van der Waals surface area contributed by atoms with Crippen molar-refractivity contribution in [1.29, 1.82) is 0 Å². The minimum absolute atomic E-state index is 0.695. The number of ether oxygens (including phenoxy) is 1. The number of nitrogens with zero attached hydrogens (tertiary/aromatic N) is 1. The summed E-state index contributed by atoms with van der Waals surface area (Å²) in [5, 5.41) is 6.69. The Labute approximate surface area is 108 Å². The second-order valence-corrected chi connectivity index (χ2v) is 4.02. The first-order valence-electron chi connectivity index (χ1n) is 5.71. The van der Waals surface area contributed by atoms with Crippen molar-refractivity contribution < 1.29 is 4.74 Å². The van der Waals surface area contributed by atoms with Crippen molar-refractivity contribution in [2.45, 2.75) is 19.3 Å². The van der Waals surface area contributed by atoms with E-state index in [0.29, 0.717) is 5.11 Å². The van der Waals surface area contributed by atoms with Gasteiger partial charge in [0.2, 0.25) is 0 Å². The number of thiocarbonyl (C=S) groups is 1. The fourth-order valence-electron chi connectivity index (χ4n) is 1.50. The molecular weight excluding hydrogens is 234 g/mol. The van der Waals surface area contributed by atoms with Crippen molar-refractivity contribution in [1.82, 2.24) is 15.6 Å². The number of nitrogens with one attached hydrogen (secondary N) is 2. The van der Waals surface area contributed by atoms with E-state index in [2.05, 4.69) is 15.6 Å². The minimum atomic E-state index is 0.695. The predicted molar refractivity (Wildman–Crippen MR) is 73.4 cm³/mol. The van der Waals surface area contributed by atoms with Crippen molar-refractivity contribution in [2.24, 2.45) is 0 Å². The van der Waals surface area contributed by atoms with Crippen LogP contribution in [0.4, 0.5) is 0 Å². The standard InChI is InChI=1S/C12H19N3OS/c1-13-12(17)15-8-4-3-6-10-11(16-2)7-5-9-14-10/h5,7,9H,3-4,6,8H2,1-2H3,(H2,13,15,17). The van der Waals surface area contributed by atoms with Crippen molar-refractivity contribution in [3.05, 3.63) is 24.0 Å². The van der Waals surface area contributed by atoms with E-state index in [4.69, 9.17) is 17.0 Å². The van der Waals surface area contributed by atoms with Gasteiger partial charge < -0.3 is 15.4 Å². The molecule has 0 saturated carbocycles. The van der Waals surface area contributed by atoms with Crippen LogP contribution in [0.3, 0.4) is 0 Å². The molecular formula is C12H19N3OS. The Morgan fingerprint density at radius 1 is 1.47 bits per heavy atom. The molecule has 94 valence electrons. The fourth-order valence-corrected chi connectivity index (χ4v) is 1.61. The fraction of sp³-hybridized carbons (Fsp3) is 0.500. The molecule has 1 aromatic heterocycles. The molecule has 5 heteroatoms. The van der Waals surface area contributed by atoms with Crippen LogP contribution in [0.25, 0.3) is 0 Å².